The van der Waals surface area contributed by atoms with E-state index >= 15 is 0 Å². The fraction of sp³-hybridized carbons (Fsp3) is 0.447. The molecule has 54 heavy (non-hydrogen) atoms. The molecule has 6 atom stereocenters. The highest BCUT2D eigenvalue weighted by Gasteiger charge is 2.34. The van der Waals surface area contributed by atoms with E-state index in [0.29, 0.717) is 5.56 Å². The van der Waals surface area contributed by atoms with E-state index in [1.54, 1.807) is 64.2 Å². The van der Waals surface area contributed by atoms with Gasteiger partial charge in [0.2, 0.25) is 41.4 Å². The van der Waals surface area contributed by atoms with Gasteiger partial charge in [-0.15, -0.1) is 0 Å². The fourth-order valence-electron chi connectivity index (χ4n) is 6.02. The van der Waals surface area contributed by atoms with Gasteiger partial charge in [0.1, 0.15) is 36.3 Å². The van der Waals surface area contributed by atoms with E-state index in [4.69, 9.17) is 0 Å². The third-order valence-corrected chi connectivity index (χ3v) is 9.15. The second-order valence-corrected chi connectivity index (χ2v) is 14.1. The quantitative estimate of drug-likeness (QED) is 0.150. The first kappa shape index (κ1) is 41.0. The Balaban J connectivity index is 1.68. The highest BCUT2D eigenvalue weighted by atomic mass is 16.3. The standard InChI is InChI=1S/C38H50N8O8/c1-20(2)31-38(54)43-27(15-23-11-7-6-8-12-23)36(52)46-32(21(3)4)37(53)41-22(5)33(49)42-28(16-24-17-39-26-14-10-9-13-25(24)26)35(51)44-29(19-47)34(50)40-18-30(48)45-31/h6-14,17,20-22,27-29,31-32,39,47H,15-16,18-19H2,1-5H3,(H,40,50)(H,41,53)(H,42,49)(H,43,54)(H,44,51)(H,45,48)(H,46,52)/t22-,27+,28-,29+,31-,32-/m1/s1. The average molecular weight is 747 g/mol. The minimum absolute atomic E-state index is 0.0322. The largest absolute Gasteiger partial charge is 0.394 e. The lowest BCUT2D eigenvalue weighted by molar-refractivity contribution is -0.135. The summed E-state index contributed by atoms with van der Waals surface area (Å²) >= 11 is 0. The number of hydrogen-bond acceptors (Lipinski definition) is 8. The molecule has 16 heteroatoms. The molecule has 0 bridgehead atoms. The number of fused-ring (bicyclic) bond motifs is 1. The van der Waals surface area contributed by atoms with Crippen molar-refractivity contribution in [2.24, 2.45) is 11.8 Å². The number of nitrogens with one attached hydrogen (secondary N) is 8. The number of para-hydroxylation sites is 1. The molecule has 0 aliphatic carbocycles. The number of hydrogen-bond donors (Lipinski definition) is 9. The van der Waals surface area contributed by atoms with Crippen LogP contribution in [-0.2, 0) is 46.4 Å². The summed E-state index contributed by atoms with van der Waals surface area (Å²) in [6, 6.07) is 8.84. The minimum Gasteiger partial charge on any atom is -0.394 e. The number of carbonyl (C=O) groups excluding carboxylic acids is 7. The molecule has 1 saturated heterocycles. The Labute approximate surface area is 313 Å². The lowest BCUT2D eigenvalue weighted by Gasteiger charge is -2.28. The van der Waals surface area contributed by atoms with Crippen molar-refractivity contribution >= 4 is 52.3 Å². The maximum atomic E-state index is 13.9. The summed E-state index contributed by atoms with van der Waals surface area (Å²) in [5.41, 5.74) is 2.18. The molecule has 7 amide bonds. The Hall–Kier alpha value is -5.77. The number of benzene rings is 2. The molecule has 0 unspecified atom stereocenters. The van der Waals surface area contributed by atoms with Crippen molar-refractivity contribution in [2.45, 2.75) is 83.7 Å². The van der Waals surface area contributed by atoms with Crippen molar-refractivity contribution in [3.8, 4) is 0 Å². The van der Waals surface area contributed by atoms with Crippen molar-refractivity contribution in [1.82, 2.24) is 42.2 Å². The average Bonchev–Trinajstić information content (AvgIpc) is 3.55. The molecule has 0 radical (unpaired) electrons. The summed E-state index contributed by atoms with van der Waals surface area (Å²) in [6.07, 6.45) is 1.71. The van der Waals surface area contributed by atoms with E-state index < -0.39 is 103 Å². The first-order valence-corrected chi connectivity index (χ1v) is 18.0. The molecular formula is C38H50N8O8. The van der Waals surface area contributed by atoms with Gasteiger partial charge < -0.3 is 47.3 Å². The summed E-state index contributed by atoms with van der Waals surface area (Å²) in [4.78, 5) is 97.6. The molecule has 1 aliphatic heterocycles. The van der Waals surface area contributed by atoms with Crippen molar-refractivity contribution in [3.05, 3.63) is 71.9 Å². The molecular weight excluding hydrogens is 696 g/mol. The smallest absolute Gasteiger partial charge is 0.245 e. The fourth-order valence-corrected chi connectivity index (χ4v) is 6.02. The Morgan fingerprint density at radius 2 is 1.17 bits per heavy atom. The van der Waals surface area contributed by atoms with Gasteiger partial charge in [-0.25, -0.2) is 0 Å². The van der Waals surface area contributed by atoms with Crippen LogP contribution in [0.2, 0.25) is 0 Å². The first-order chi connectivity index (χ1) is 25.7. The molecule has 3 aromatic rings. The summed E-state index contributed by atoms with van der Waals surface area (Å²) in [5.74, 6) is -6.13. The van der Waals surface area contributed by atoms with Gasteiger partial charge in [-0.05, 0) is 36.0 Å². The molecule has 1 aliphatic rings. The van der Waals surface area contributed by atoms with Crippen molar-refractivity contribution < 1.29 is 38.7 Å². The predicted octanol–water partition coefficient (Wildman–Crippen LogP) is -0.684. The van der Waals surface area contributed by atoms with Crippen LogP contribution in [0.5, 0.6) is 0 Å². The van der Waals surface area contributed by atoms with Gasteiger partial charge in [-0.1, -0.05) is 76.2 Å². The number of aromatic amines is 1. The van der Waals surface area contributed by atoms with Gasteiger partial charge >= 0.3 is 0 Å². The predicted molar refractivity (Wildman–Crippen MR) is 199 cm³/mol. The van der Waals surface area contributed by atoms with Crippen LogP contribution in [0.3, 0.4) is 0 Å². The highest BCUT2D eigenvalue weighted by molar-refractivity contribution is 5.98. The summed E-state index contributed by atoms with van der Waals surface area (Å²) in [6.45, 7) is 6.78. The van der Waals surface area contributed by atoms with Crippen LogP contribution in [0.25, 0.3) is 10.9 Å². The Bertz CT molecular complexity index is 1830. The van der Waals surface area contributed by atoms with Crippen LogP contribution in [0.4, 0.5) is 0 Å². The van der Waals surface area contributed by atoms with Gasteiger partial charge in [0.05, 0.1) is 13.2 Å². The van der Waals surface area contributed by atoms with Crippen molar-refractivity contribution in [3.63, 3.8) is 0 Å². The van der Waals surface area contributed by atoms with E-state index in [9.17, 15) is 38.7 Å². The molecule has 2 aromatic carbocycles. The molecule has 2 heterocycles. The number of aliphatic hydroxyl groups is 1. The normalized spacial score (nSPS) is 24.4. The first-order valence-electron chi connectivity index (χ1n) is 18.0. The van der Waals surface area contributed by atoms with E-state index in [-0.39, 0.29) is 12.8 Å². The zero-order valence-electron chi connectivity index (χ0n) is 31.0. The second-order valence-electron chi connectivity index (χ2n) is 14.1. The molecule has 1 aromatic heterocycles. The van der Waals surface area contributed by atoms with E-state index in [1.165, 1.54) is 6.92 Å². The van der Waals surface area contributed by atoms with Gasteiger partial charge in [0, 0.05) is 29.9 Å². The monoisotopic (exact) mass is 746 g/mol. The van der Waals surface area contributed by atoms with Crippen LogP contribution >= 0.6 is 0 Å². The lowest BCUT2D eigenvalue weighted by atomic mass is 9.99. The summed E-state index contributed by atoms with van der Waals surface area (Å²) in [7, 11) is 0. The maximum Gasteiger partial charge on any atom is 0.245 e. The Kier molecular flexibility index (Phi) is 14.3. The minimum atomic E-state index is -1.51. The number of H-pyrrole nitrogens is 1. The van der Waals surface area contributed by atoms with Crippen LogP contribution in [0.15, 0.2) is 60.8 Å². The summed E-state index contributed by atoms with van der Waals surface area (Å²) < 4.78 is 0. The molecule has 16 nitrogen and oxygen atoms in total. The second kappa shape index (κ2) is 18.8. The van der Waals surface area contributed by atoms with Crippen LogP contribution in [0.1, 0.15) is 45.7 Å². The number of aliphatic hydroxyl groups excluding tert-OH is 1. The number of rotatable bonds is 7. The van der Waals surface area contributed by atoms with Gasteiger partial charge in [0.25, 0.3) is 0 Å². The van der Waals surface area contributed by atoms with E-state index in [2.05, 4.69) is 42.2 Å². The van der Waals surface area contributed by atoms with E-state index in [1.807, 2.05) is 24.3 Å². The van der Waals surface area contributed by atoms with Crippen molar-refractivity contribution in [1.29, 1.82) is 0 Å². The zero-order chi connectivity index (χ0) is 39.5. The molecule has 290 valence electrons. The lowest BCUT2D eigenvalue weighted by Crippen LogP contribution is -2.60. The molecule has 0 saturated carbocycles. The topological polar surface area (TPSA) is 240 Å². The van der Waals surface area contributed by atoms with Gasteiger partial charge in [0.15, 0.2) is 0 Å². The number of amides is 7. The molecule has 9 N–H and O–H groups in total. The maximum absolute atomic E-state index is 13.9. The molecule has 4 rings (SSSR count). The SMILES string of the molecule is CC(C)[C@H]1NC(=O)CNC(=O)[C@H](CO)NC(=O)[C@@H](Cc2c[nH]c3ccccc23)NC(=O)[C@@H](C)NC(=O)[C@@H](C(C)C)NC(=O)[C@H](Cc2ccccc2)NC1=O. The third kappa shape index (κ3) is 10.9. The molecule has 1 fully saturated rings. The Morgan fingerprint density at radius 1 is 0.611 bits per heavy atom. The van der Waals surface area contributed by atoms with Gasteiger partial charge in [-0.3, -0.25) is 33.6 Å². The highest BCUT2D eigenvalue weighted by Crippen LogP contribution is 2.19. The molecule has 0 spiro atoms. The Morgan fingerprint density at radius 3 is 1.83 bits per heavy atom. The van der Waals surface area contributed by atoms with Crippen LogP contribution < -0.4 is 37.2 Å². The van der Waals surface area contributed by atoms with E-state index in [0.717, 1.165) is 16.5 Å². The zero-order valence-corrected chi connectivity index (χ0v) is 31.0. The van der Waals surface area contributed by atoms with Crippen LogP contribution in [0, 0.1) is 11.8 Å². The number of carbonyl (C=O) groups is 7. The summed E-state index contributed by atoms with van der Waals surface area (Å²) in [5, 5.41) is 29.0. The number of aromatic nitrogens is 1. The van der Waals surface area contributed by atoms with Crippen molar-refractivity contribution in [2.75, 3.05) is 13.2 Å². The third-order valence-electron chi connectivity index (χ3n) is 9.15. The van der Waals surface area contributed by atoms with Crippen LogP contribution in [-0.4, -0.2) is 101 Å². The van der Waals surface area contributed by atoms with Gasteiger partial charge in [-0.2, -0.15) is 0 Å².